The number of nitrogens with two attached hydrogens (primary N) is 1. The summed E-state index contributed by atoms with van der Waals surface area (Å²) in [4.78, 5) is 14.4. The first kappa shape index (κ1) is 16.0. The van der Waals surface area contributed by atoms with E-state index in [1.165, 1.54) is 12.8 Å². The molecule has 2 rings (SSSR count). The second-order valence-corrected chi connectivity index (χ2v) is 6.11. The highest BCUT2D eigenvalue weighted by Gasteiger charge is 2.30. The highest BCUT2D eigenvalue weighted by atomic mass is 16.2. The first-order valence-electron chi connectivity index (χ1n) is 7.86. The molecule has 3 N–H and O–H groups in total. The lowest BCUT2D eigenvalue weighted by molar-refractivity contribution is -0.123. The number of nitrogens with one attached hydrogen (secondary N) is 1. The van der Waals surface area contributed by atoms with Crippen molar-refractivity contribution in [3.63, 3.8) is 0 Å². The van der Waals surface area contributed by atoms with Crippen molar-refractivity contribution in [2.24, 2.45) is 11.7 Å². The molecule has 1 saturated carbocycles. The van der Waals surface area contributed by atoms with Crippen molar-refractivity contribution in [2.45, 2.75) is 38.3 Å². The number of likely N-dealkylation sites (N-methyl/N-ethyl adjacent to an activating group) is 1. The standard InChI is InChI=1S/C17H27N3O/c1-13(14-7-4-3-5-8-14)19-17(21)12-20(2)16-10-6-9-15(16)11-18/h3-5,7-8,13,15-16H,6,9-12,18H2,1-2H3,(H,19,21). The van der Waals surface area contributed by atoms with E-state index in [-0.39, 0.29) is 11.9 Å². The molecule has 1 aliphatic rings. The molecule has 0 bridgehead atoms. The van der Waals surface area contributed by atoms with Gasteiger partial charge in [-0.1, -0.05) is 36.8 Å². The molecule has 1 aromatic carbocycles. The van der Waals surface area contributed by atoms with Crippen LogP contribution >= 0.6 is 0 Å². The fourth-order valence-corrected chi connectivity index (χ4v) is 3.33. The average Bonchev–Trinajstić information content (AvgIpc) is 2.96. The third kappa shape index (κ3) is 4.29. The lowest BCUT2D eigenvalue weighted by Gasteiger charge is -2.29. The summed E-state index contributed by atoms with van der Waals surface area (Å²) < 4.78 is 0. The predicted octanol–water partition coefficient (Wildman–Crippen LogP) is 1.92. The topological polar surface area (TPSA) is 58.4 Å². The van der Waals surface area contributed by atoms with Crippen molar-refractivity contribution in [1.29, 1.82) is 0 Å². The highest BCUT2D eigenvalue weighted by molar-refractivity contribution is 5.78. The molecule has 0 saturated heterocycles. The molecule has 0 radical (unpaired) electrons. The molecule has 1 aliphatic carbocycles. The van der Waals surface area contributed by atoms with Gasteiger partial charge in [0.2, 0.25) is 5.91 Å². The van der Waals surface area contributed by atoms with Gasteiger partial charge < -0.3 is 11.1 Å². The molecule has 1 amide bonds. The van der Waals surface area contributed by atoms with Crippen molar-refractivity contribution >= 4 is 5.91 Å². The molecule has 21 heavy (non-hydrogen) atoms. The van der Waals surface area contributed by atoms with E-state index in [1.807, 2.05) is 44.3 Å². The van der Waals surface area contributed by atoms with Gasteiger partial charge in [0.1, 0.15) is 0 Å². The zero-order chi connectivity index (χ0) is 15.2. The van der Waals surface area contributed by atoms with Gasteiger partial charge in [-0.15, -0.1) is 0 Å². The number of hydrogen-bond donors (Lipinski definition) is 2. The van der Waals surface area contributed by atoms with Gasteiger partial charge in [0, 0.05) is 6.04 Å². The molecule has 3 atom stereocenters. The quantitative estimate of drug-likeness (QED) is 0.841. The summed E-state index contributed by atoms with van der Waals surface area (Å²) in [5.41, 5.74) is 6.96. The van der Waals surface area contributed by atoms with E-state index in [0.717, 1.165) is 18.5 Å². The third-order valence-corrected chi connectivity index (χ3v) is 4.56. The lowest BCUT2D eigenvalue weighted by Crippen LogP contribution is -2.44. The maximum absolute atomic E-state index is 12.2. The number of amides is 1. The van der Waals surface area contributed by atoms with Crippen LogP contribution in [0.1, 0.15) is 37.8 Å². The summed E-state index contributed by atoms with van der Waals surface area (Å²) >= 11 is 0. The van der Waals surface area contributed by atoms with E-state index in [4.69, 9.17) is 5.73 Å². The van der Waals surface area contributed by atoms with Crippen LogP contribution in [0.2, 0.25) is 0 Å². The van der Waals surface area contributed by atoms with Gasteiger partial charge in [-0.3, -0.25) is 9.69 Å². The number of nitrogens with zero attached hydrogens (tertiary/aromatic N) is 1. The van der Waals surface area contributed by atoms with Crippen molar-refractivity contribution in [3.8, 4) is 0 Å². The van der Waals surface area contributed by atoms with E-state index in [2.05, 4.69) is 10.2 Å². The van der Waals surface area contributed by atoms with Gasteiger partial charge in [0.25, 0.3) is 0 Å². The van der Waals surface area contributed by atoms with E-state index in [0.29, 0.717) is 18.5 Å². The Labute approximate surface area is 127 Å². The van der Waals surface area contributed by atoms with Gasteiger partial charge >= 0.3 is 0 Å². The van der Waals surface area contributed by atoms with Crippen molar-refractivity contribution in [2.75, 3.05) is 20.1 Å². The lowest BCUT2D eigenvalue weighted by atomic mass is 10.0. The molecule has 0 aromatic heterocycles. The summed E-state index contributed by atoms with van der Waals surface area (Å²) in [6, 6.07) is 10.5. The Hall–Kier alpha value is -1.39. The zero-order valence-electron chi connectivity index (χ0n) is 13.1. The van der Waals surface area contributed by atoms with Crippen LogP contribution in [-0.2, 0) is 4.79 Å². The second kappa shape index (κ2) is 7.57. The summed E-state index contributed by atoms with van der Waals surface area (Å²) in [7, 11) is 2.03. The van der Waals surface area contributed by atoms with Gasteiger partial charge in [-0.05, 0) is 44.8 Å². The molecule has 0 heterocycles. The maximum atomic E-state index is 12.2. The minimum absolute atomic E-state index is 0.0426. The monoisotopic (exact) mass is 289 g/mol. The van der Waals surface area contributed by atoms with Crippen LogP contribution in [0, 0.1) is 5.92 Å². The van der Waals surface area contributed by atoms with Gasteiger partial charge in [0.15, 0.2) is 0 Å². The fourth-order valence-electron chi connectivity index (χ4n) is 3.33. The van der Waals surface area contributed by atoms with Crippen LogP contribution in [0.3, 0.4) is 0 Å². The third-order valence-electron chi connectivity index (χ3n) is 4.56. The van der Waals surface area contributed by atoms with E-state index in [9.17, 15) is 4.79 Å². The van der Waals surface area contributed by atoms with E-state index < -0.39 is 0 Å². The Balaban J connectivity index is 1.84. The largest absolute Gasteiger partial charge is 0.348 e. The molecular formula is C17H27N3O. The number of hydrogen-bond acceptors (Lipinski definition) is 3. The van der Waals surface area contributed by atoms with Crippen LogP contribution in [0.4, 0.5) is 0 Å². The van der Waals surface area contributed by atoms with E-state index in [1.54, 1.807) is 0 Å². The molecule has 0 aliphatic heterocycles. The number of carbonyl (C=O) groups excluding carboxylic acids is 1. The molecule has 116 valence electrons. The van der Waals surface area contributed by atoms with Crippen LogP contribution in [0.25, 0.3) is 0 Å². The first-order valence-corrected chi connectivity index (χ1v) is 7.86. The fraction of sp³-hybridized carbons (Fsp3) is 0.588. The second-order valence-electron chi connectivity index (χ2n) is 6.11. The SMILES string of the molecule is CC(NC(=O)CN(C)C1CCCC1CN)c1ccccc1. The van der Waals surface area contributed by atoms with Gasteiger partial charge in [0.05, 0.1) is 12.6 Å². The highest BCUT2D eigenvalue weighted by Crippen LogP contribution is 2.28. The van der Waals surface area contributed by atoms with Crippen LogP contribution in [0.15, 0.2) is 30.3 Å². The number of rotatable bonds is 6. The Kier molecular flexibility index (Phi) is 5.76. The minimum Gasteiger partial charge on any atom is -0.348 e. The number of carbonyl (C=O) groups is 1. The molecule has 3 unspecified atom stereocenters. The van der Waals surface area contributed by atoms with Gasteiger partial charge in [-0.25, -0.2) is 0 Å². The molecule has 4 heteroatoms. The smallest absolute Gasteiger partial charge is 0.234 e. The van der Waals surface area contributed by atoms with Crippen molar-refractivity contribution in [3.05, 3.63) is 35.9 Å². The Morgan fingerprint density at radius 2 is 2.10 bits per heavy atom. The van der Waals surface area contributed by atoms with Crippen LogP contribution < -0.4 is 11.1 Å². The molecule has 0 spiro atoms. The Morgan fingerprint density at radius 1 is 1.38 bits per heavy atom. The maximum Gasteiger partial charge on any atom is 0.234 e. The molecule has 1 aromatic rings. The van der Waals surface area contributed by atoms with Crippen molar-refractivity contribution in [1.82, 2.24) is 10.2 Å². The summed E-state index contributed by atoms with van der Waals surface area (Å²) in [5.74, 6) is 0.617. The first-order chi connectivity index (χ1) is 10.1. The predicted molar refractivity (Wildman–Crippen MR) is 85.8 cm³/mol. The number of benzene rings is 1. The zero-order valence-corrected chi connectivity index (χ0v) is 13.1. The van der Waals surface area contributed by atoms with E-state index >= 15 is 0 Å². The molecular weight excluding hydrogens is 262 g/mol. The van der Waals surface area contributed by atoms with Crippen LogP contribution in [0.5, 0.6) is 0 Å². The molecule has 4 nitrogen and oxygen atoms in total. The Bertz CT molecular complexity index is 449. The normalized spacial score (nSPS) is 23.2. The minimum atomic E-state index is 0.0426. The Morgan fingerprint density at radius 3 is 2.76 bits per heavy atom. The van der Waals surface area contributed by atoms with Gasteiger partial charge in [-0.2, -0.15) is 0 Å². The summed E-state index contributed by atoms with van der Waals surface area (Å²) in [6.45, 7) is 3.18. The average molecular weight is 289 g/mol. The van der Waals surface area contributed by atoms with Crippen LogP contribution in [-0.4, -0.2) is 37.0 Å². The summed E-state index contributed by atoms with van der Waals surface area (Å²) in [6.07, 6.45) is 3.56. The molecule has 1 fully saturated rings. The summed E-state index contributed by atoms with van der Waals surface area (Å²) in [5, 5.41) is 3.07. The van der Waals surface area contributed by atoms with Crippen molar-refractivity contribution < 1.29 is 4.79 Å².